The van der Waals surface area contributed by atoms with E-state index in [9.17, 15) is 22.8 Å². The van der Waals surface area contributed by atoms with E-state index >= 15 is 0 Å². The van der Waals surface area contributed by atoms with Gasteiger partial charge in [-0.2, -0.15) is 13.2 Å². The predicted octanol–water partition coefficient (Wildman–Crippen LogP) is 2.98. The van der Waals surface area contributed by atoms with E-state index in [0.717, 1.165) is 24.9 Å². The standard InChI is InChI=1S/C19H18F3N3O4/c1-28-18(27)12-8-13(19(20,21)22)10-14(9-12)24-17(26)16-11-15(2-3-23-16)25-4-6-29-7-5-25/h2-3,8-11H,4-7H2,1H3,(H,24,26). The summed E-state index contributed by atoms with van der Waals surface area (Å²) in [6.45, 7) is 2.43. The van der Waals surface area contributed by atoms with Crippen LogP contribution in [0.2, 0.25) is 0 Å². The molecule has 0 radical (unpaired) electrons. The molecule has 0 atom stereocenters. The minimum atomic E-state index is -4.70. The van der Waals surface area contributed by atoms with Gasteiger partial charge in [-0.3, -0.25) is 9.78 Å². The van der Waals surface area contributed by atoms with E-state index in [2.05, 4.69) is 15.0 Å². The first-order valence-electron chi connectivity index (χ1n) is 8.68. The molecule has 1 amide bonds. The maximum atomic E-state index is 13.1. The van der Waals surface area contributed by atoms with Crippen LogP contribution in [0.4, 0.5) is 24.5 Å². The molecule has 1 fully saturated rings. The van der Waals surface area contributed by atoms with Gasteiger partial charge in [0.2, 0.25) is 0 Å². The maximum Gasteiger partial charge on any atom is 0.416 e. The van der Waals surface area contributed by atoms with Gasteiger partial charge < -0.3 is 19.7 Å². The number of rotatable bonds is 4. The van der Waals surface area contributed by atoms with Crippen molar-refractivity contribution in [3.05, 3.63) is 53.3 Å². The zero-order chi connectivity index (χ0) is 21.0. The van der Waals surface area contributed by atoms with Gasteiger partial charge >= 0.3 is 12.1 Å². The number of ether oxygens (including phenoxy) is 2. The third kappa shape index (κ3) is 5.02. The second-order valence-electron chi connectivity index (χ2n) is 6.24. The SMILES string of the molecule is COC(=O)c1cc(NC(=O)c2cc(N3CCOCC3)ccn2)cc(C(F)(F)F)c1. The Morgan fingerprint density at radius 3 is 2.55 bits per heavy atom. The molecule has 1 aliphatic heterocycles. The number of hydrogen-bond donors (Lipinski definition) is 1. The number of aromatic nitrogens is 1. The number of anilines is 2. The molecule has 1 aromatic carbocycles. The molecule has 0 unspecified atom stereocenters. The number of nitrogens with zero attached hydrogens (tertiary/aromatic N) is 2. The van der Waals surface area contributed by atoms with Crippen LogP contribution in [0.15, 0.2) is 36.5 Å². The topological polar surface area (TPSA) is 80.8 Å². The van der Waals surface area contributed by atoms with Crippen LogP contribution in [0.3, 0.4) is 0 Å². The molecule has 154 valence electrons. The van der Waals surface area contributed by atoms with Crippen LogP contribution in [0.1, 0.15) is 26.4 Å². The van der Waals surface area contributed by atoms with Gasteiger partial charge in [0, 0.05) is 30.7 Å². The smallest absolute Gasteiger partial charge is 0.416 e. The number of hydrogen-bond acceptors (Lipinski definition) is 6. The first kappa shape index (κ1) is 20.6. The summed E-state index contributed by atoms with van der Waals surface area (Å²) >= 11 is 0. The number of methoxy groups -OCH3 is 1. The first-order chi connectivity index (χ1) is 13.8. The lowest BCUT2D eigenvalue weighted by Crippen LogP contribution is -2.36. The summed E-state index contributed by atoms with van der Waals surface area (Å²) in [5.74, 6) is -1.64. The lowest BCUT2D eigenvalue weighted by atomic mass is 10.1. The monoisotopic (exact) mass is 409 g/mol. The number of amides is 1. The highest BCUT2D eigenvalue weighted by atomic mass is 19.4. The van der Waals surface area contributed by atoms with Crippen molar-refractivity contribution >= 4 is 23.3 Å². The second-order valence-corrected chi connectivity index (χ2v) is 6.24. The molecule has 0 aliphatic carbocycles. The van der Waals surface area contributed by atoms with Gasteiger partial charge in [0.05, 0.1) is 31.5 Å². The van der Waals surface area contributed by atoms with E-state index in [0.29, 0.717) is 32.4 Å². The van der Waals surface area contributed by atoms with Gasteiger partial charge in [0.1, 0.15) is 5.69 Å². The van der Waals surface area contributed by atoms with E-state index in [-0.39, 0.29) is 16.9 Å². The van der Waals surface area contributed by atoms with Gasteiger partial charge in [-0.1, -0.05) is 0 Å². The number of nitrogens with one attached hydrogen (secondary N) is 1. The molecular formula is C19H18F3N3O4. The lowest BCUT2D eigenvalue weighted by Gasteiger charge is -2.28. The third-order valence-electron chi connectivity index (χ3n) is 4.29. The Bertz CT molecular complexity index is 912. The average Bonchev–Trinajstić information content (AvgIpc) is 2.73. The Morgan fingerprint density at radius 2 is 1.90 bits per heavy atom. The molecule has 1 aromatic heterocycles. The molecule has 1 aliphatic rings. The van der Waals surface area contributed by atoms with Gasteiger partial charge in [-0.25, -0.2) is 4.79 Å². The Balaban J connectivity index is 1.85. The highest BCUT2D eigenvalue weighted by molar-refractivity contribution is 6.04. The summed E-state index contributed by atoms with van der Waals surface area (Å²) in [5.41, 5.74) is -0.805. The molecule has 10 heteroatoms. The Morgan fingerprint density at radius 1 is 1.17 bits per heavy atom. The molecule has 1 saturated heterocycles. The largest absolute Gasteiger partial charge is 0.465 e. The fourth-order valence-electron chi connectivity index (χ4n) is 2.86. The van der Waals surface area contributed by atoms with Crippen LogP contribution in [-0.4, -0.2) is 50.3 Å². The Hall–Kier alpha value is -3.14. The Kier molecular flexibility index (Phi) is 6.02. The molecule has 0 saturated carbocycles. The van der Waals surface area contributed by atoms with Crippen molar-refractivity contribution in [1.82, 2.24) is 4.98 Å². The summed E-state index contributed by atoms with van der Waals surface area (Å²) in [6, 6.07) is 5.82. The van der Waals surface area contributed by atoms with Gasteiger partial charge in [0.15, 0.2) is 0 Å². The Labute approximate surface area is 164 Å². The van der Waals surface area contributed by atoms with Crippen LogP contribution in [0, 0.1) is 0 Å². The minimum absolute atomic E-state index is 0.0334. The predicted molar refractivity (Wildman–Crippen MR) is 98.0 cm³/mol. The summed E-state index contributed by atoms with van der Waals surface area (Å²) in [6.07, 6.45) is -3.25. The van der Waals surface area contributed by atoms with Crippen LogP contribution < -0.4 is 10.2 Å². The van der Waals surface area contributed by atoms with Crippen molar-refractivity contribution in [2.24, 2.45) is 0 Å². The van der Waals surface area contributed by atoms with Crippen molar-refractivity contribution in [2.75, 3.05) is 43.6 Å². The van der Waals surface area contributed by atoms with Crippen molar-refractivity contribution in [2.45, 2.75) is 6.18 Å². The number of pyridine rings is 1. The number of morpholine rings is 1. The van der Waals surface area contributed by atoms with Gasteiger partial charge in [0.25, 0.3) is 5.91 Å². The minimum Gasteiger partial charge on any atom is -0.465 e. The fourth-order valence-corrected chi connectivity index (χ4v) is 2.86. The molecule has 29 heavy (non-hydrogen) atoms. The van der Waals surface area contributed by atoms with Crippen molar-refractivity contribution < 1.29 is 32.2 Å². The zero-order valence-corrected chi connectivity index (χ0v) is 15.5. The third-order valence-corrected chi connectivity index (χ3v) is 4.29. The molecule has 1 N–H and O–H groups in total. The number of alkyl halides is 3. The van der Waals surface area contributed by atoms with Crippen molar-refractivity contribution in [3.8, 4) is 0 Å². The van der Waals surface area contributed by atoms with E-state index in [4.69, 9.17) is 4.74 Å². The normalized spacial score (nSPS) is 14.4. The van der Waals surface area contributed by atoms with E-state index in [1.165, 1.54) is 6.20 Å². The summed E-state index contributed by atoms with van der Waals surface area (Å²) in [5, 5.41) is 2.37. The summed E-state index contributed by atoms with van der Waals surface area (Å²) in [7, 11) is 1.06. The number of esters is 1. The summed E-state index contributed by atoms with van der Waals surface area (Å²) in [4.78, 5) is 30.2. The zero-order valence-electron chi connectivity index (χ0n) is 15.5. The van der Waals surface area contributed by atoms with E-state index in [1.807, 2.05) is 4.90 Å². The fraction of sp³-hybridized carbons (Fsp3) is 0.316. The van der Waals surface area contributed by atoms with Crippen molar-refractivity contribution in [1.29, 1.82) is 0 Å². The molecule has 0 spiro atoms. The van der Waals surface area contributed by atoms with Crippen LogP contribution in [0.25, 0.3) is 0 Å². The van der Waals surface area contributed by atoms with E-state index < -0.39 is 23.6 Å². The van der Waals surface area contributed by atoms with E-state index in [1.54, 1.807) is 12.1 Å². The van der Waals surface area contributed by atoms with Crippen LogP contribution in [0.5, 0.6) is 0 Å². The molecule has 7 nitrogen and oxygen atoms in total. The number of benzene rings is 1. The number of carbonyl (C=O) groups is 2. The highest BCUT2D eigenvalue weighted by Gasteiger charge is 2.32. The number of halogens is 3. The molecule has 2 heterocycles. The second kappa shape index (κ2) is 8.48. The van der Waals surface area contributed by atoms with Crippen molar-refractivity contribution in [3.63, 3.8) is 0 Å². The molecule has 2 aromatic rings. The van der Waals surface area contributed by atoms with Crippen LogP contribution >= 0.6 is 0 Å². The van der Waals surface area contributed by atoms with Gasteiger partial charge in [-0.05, 0) is 30.3 Å². The quantitative estimate of drug-likeness (QED) is 0.782. The molecular weight excluding hydrogens is 391 g/mol. The van der Waals surface area contributed by atoms with Gasteiger partial charge in [-0.15, -0.1) is 0 Å². The highest BCUT2D eigenvalue weighted by Crippen LogP contribution is 2.32. The maximum absolute atomic E-state index is 13.1. The van der Waals surface area contributed by atoms with Crippen LogP contribution in [-0.2, 0) is 15.7 Å². The average molecular weight is 409 g/mol. The molecule has 0 bridgehead atoms. The first-order valence-corrected chi connectivity index (χ1v) is 8.68. The number of carbonyl (C=O) groups excluding carboxylic acids is 2. The molecule has 3 rings (SSSR count). The lowest BCUT2D eigenvalue weighted by molar-refractivity contribution is -0.137. The summed E-state index contributed by atoms with van der Waals surface area (Å²) < 4.78 is 49.2.